The first-order valence-electron chi connectivity index (χ1n) is 8.82. The third kappa shape index (κ3) is 4.35. The highest BCUT2D eigenvalue weighted by atomic mass is 16.5. The molecule has 2 aromatic carbocycles. The number of nitrogens with one attached hydrogen (secondary N) is 1. The number of carbonyl (C=O) groups excluding carboxylic acids is 2. The van der Waals surface area contributed by atoms with Gasteiger partial charge in [-0.05, 0) is 49.2 Å². The van der Waals surface area contributed by atoms with Crippen molar-refractivity contribution in [3.8, 4) is 17.2 Å². The van der Waals surface area contributed by atoms with Crippen molar-refractivity contribution in [1.82, 2.24) is 4.98 Å². The highest BCUT2D eigenvalue weighted by Crippen LogP contribution is 2.30. The number of hydrogen-bond acceptors (Lipinski definition) is 6. The van der Waals surface area contributed by atoms with Crippen molar-refractivity contribution in [1.29, 1.82) is 0 Å². The average Bonchev–Trinajstić information content (AvgIpc) is 2.71. The van der Waals surface area contributed by atoms with Crippen molar-refractivity contribution in [2.45, 2.75) is 13.8 Å². The summed E-state index contributed by atoms with van der Waals surface area (Å²) in [6, 6.07) is 13.5. The fourth-order valence-corrected chi connectivity index (χ4v) is 2.87. The zero-order chi connectivity index (χ0) is 21.0. The van der Waals surface area contributed by atoms with Crippen molar-refractivity contribution < 1.29 is 24.2 Å². The van der Waals surface area contributed by atoms with Crippen LogP contribution in [-0.2, 0) is 0 Å². The smallest absolute Gasteiger partial charge is 0.343 e. The fourth-order valence-electron chi connectivity index (χ4n) is 2.87. The van der Waals surface area contributed by atoms with Gasteiger partial charge >= 0.3 is 5.97 Å². The largest absolute Gasteiger partial charge is 0.503 e. The van der Waals surface area contributed by atoms with Crippen molar-refractivity contribution in [2.75, 3.05) is 12.4 Å². The number of ether oxygens (including phenoxy) is 2. The summed E-state index contributed by atoms with van der Waals surface area (Å²) in [5, 5.41) is 12.8. The number of aromatic nitrogens is 1. The van der Waals surface area contributed by atoms with E-state index in [0.717, 1.165) is 0 Å². The normalized spacial score (nSPS) is 10.3. The summed E-state index contributed by atoms with van der Waals surface area (Å²) in [6.45, 7) is 3.55. The molecule has 29 heavy (non-hydrogen) atoms. The van der Waals surface area contributed by atoms with Gasteiger partial charge in [0.15, 0.2) is 17.2 Å². The summed E-state index contributed by atoms with van der Waals surface area (Å²) in [6.07, 6.45) is 1.37. The number of carbonyl (C=O) groups is 2. The Labute approximate surface area is 167 Å². The molecule has 0 unspecified atom stereocenters. The summed E-state index contributed by atoms with van der Waals surface area (Å²) in [5.74, 6) is -0.803. The summed E-state index contributed by atoms with van der Waals surface area (Å²) in [4.78, 5) is 28.7. The summed E-state index contributed by atoms with van der Waals surface area (Å²) in [7, 11) is 1.39. The Morgan fingerprint density at radius 2 is 1.69 bits per heavy atom. The monoisotopic (exact) mass is 392 g/mol. The van der Waals surface area contributed by atoms with Crippen LogP contribution in [0.4, 0.5) is 5.69 Å². The number of benzene rings is 2. The van der Waals surface area contributed by atoms with Gasteiger partial charge in [-0.1, -0.05) is 18.2 Å². The number of anilines is 1. The van der Waals surface area contributed by atoms with Crippen LogP contribution in [0.1, 0.15) is 32.0 Å². The Morgan fingerprint density at radius 3 is 2.31 bits per heavy atom. The van der Waals surface area contributed by atoms with Gasteiger partial charge in [-0.15, -0.1) is 0 Å². The fraction of sp³-hybridized carbons (Fsp3) is 0.136. The van der Waals surface area contributed by atoms with Crippen LogP contribution in [-0.4, -0.2) is 29.1 Å². The molecular weight excluding hydrogens is 372 g/mol. The van der Waals surface area contributed by atoms with Gasteiger partial charge in [-0.2, -0.15) is 0 Å². The molecule has 1 heterocycles. The van der Waals surface area contributed by atoms with E-state index < -0.39 is 11.9 Å². The number of amides is 1. The molecule has 2 N–H and O–H groups in total. The Kier molecular flexibility index (Phi) is 5.78. The van der Waals surface area contributed by atoms with E-state index in [2.05, 4.69) is 10.3 Å². The molecular formula is C22H20N2O5. The Morgan fingerprint density at radius 1 is 1.03 bits per heavy atom. The Bertz CT molecular complexity index is 1040. The molecule has 0 bridgehead atoms. The van der Waals surface area contributed by atoms with Gasteiger partial charge < -0.3 is 19.9 Å². The highest BCUT2D eigenvalue weighted by Gasteiger charge is 2.18. The standard InChI is InChI=1S/C22H20N2O5/c1-13-11-16(24-21(26)18-19(25)17(28-3)9-10-23-18)12-14(2)20(13)29-22(27)15-7-5-4-6-8-15/h4-12,25H,1-3H3,(H,24,26). The van der Waals surface area contributed by atoms with E-state index in [1.807, 2.05) is 6.07 Å². The lowest BCUT2D eigenvalue weighted by Gasteiger charge is -2.14. The third-order valence-corrected chi connectivity index (χ3v) is 4.24. The molecule has 0 aliphatic heterocycles. The van der Waals surface area contributed by atoms with E-state index in [1.165, 1.54) is 19.4 Å². The molecule has 0 aliphatic rings. The maximum Gasteiger partial charge on any atom is 0.343 e. The topological polar surface area (TPSA) is 97.8 Å². The maximum absolute atomic E-state index is 12.5. The number of aromatic hydroxyl groups is 1. The molecule has 148 valence electrons. The van der Waals surface area contributed by atoms with Gasteiger partial charge in [0.1, 0.15) is 5.75 Å². The number of rotatable bonds is 5. The van der Waals surface area contributed by atoms with Crippen LogP contribution in [0.3, 0.4) is 0 Å². The molecule has 7 nitrogen and oxygen atoms in total. The van der Waals surface area contributed by atoms with Crippen LogP contribution in [0.2, 0.25) is 0 Å². The van der Waals surface area contributed by atoms with Crippen LogP contribution in [0.15, 0.2) is 54.7 Å². The predicted octanol–water partition coefficient (Wildman–Crippen LogP) is 3.88. The van der Waals surface area contributed by atoms with Crippen molar-refractivity contribution >= 4 is 17.6 Å². The van der Waals surface area contributed by atoms with E-state index in [1.54, 1.807) is 50.2 Å². The molecule has 3 aromatic rings. The Hall–Kier alpha value is -3.87. The third-order valence-electron chi connectivity index (χ3n) is 4.24. The quantitative estimate of drug-likeness (QED) is 0.505. The molecule has 0 saturated carbocycles. The van der Waals surface area contributed by atoms with E-state index in [4.69, 9.17) is 9.47 Å². The van der Waals surface area contributed by atoms with Gasteiger partial charge in [0.05, 0.1) is 12.7 Å². The molecule has 7 heteroatoms. The van der Waals surface area contributed by atoms with Crippen LogP contribution in [0.5, 0.6) is 17.2 Å². The number of esters is 1. The van der Waals surface area contributed by atoms with E-state index in [-0.39, 0.29) is 17.2 Å². The lowest BCUT2D eigenvalue weighted by Crippen LogP contribution is -2.15. The van der Waals surface area contributed by atoms with Gasteiger partial charge in [-0.25, -0.2) is 9.78 Å². The summed E-state index contributed by atoms with van der Waals surface area (Å²) >= 11 is 0. The maximum atomic E-state index is 12.5. The molecule has 0 saturated heterocycles. The number of methoxy groups -OCH3 is 1. The Balaban J connectivity index is 1.81. The lowest BCUT2D eigenvalue weighted by molar-refractivity contribution is 0.0732. The minimum atomic E-state index is -0.589. The number of hydrogen-bond donors (Lipinski definition) is 2. The number of pyridine rings is 1. The van der Waals surface area contributed by atoms with E-state index in [9.17, 15) is 14.7 Å². The van der Waals surface area contributed by atoms with Crippen molar-refractivity contribution in [2.24, 2.45) is 0 Å². The summed E-state index contributed by atoms with van der Waals surface area (Å²) < 4.78 is 10.5. The molecule has 3 rings (SSSR count). The van der Waals surface area contributed by atoms with Gasteiger partial charge in [0.2, 0.25) is 0 Å². The van der Waals surface area contributed by atoms with E-state index in [0.29, 0.717) is 28.1 Å². The van der Waals surface area contributed by atoms with Crippen LogP contribution in [0.25, 0.3) is 0 Å². The lowest BCUT2D eigenvalue weighted by atomic mass is 10.1. The minimum Gasteiger partial charge on any atom is -0.503 e. The molecule has 0 atom stereocenters. The molecule has 1 aromatic heterocycles. The second-order valence-corrected chi connectivity index (χ2v) is 6.36. The molecule has 0 fully saturated rings. The average molecular weight is 392 g/mol. The van der Waals surface area contributed by atoms with Crippen LogP contribution < -0.4 is 14.8 Å². The first-order valence-corrected chi connectivity index (χ1v) is 8.82. The van der Waals surface area contributed by atoms with Crippen molar-refractivity contribution in [3.05, 3.63) is 77.1 Å². The van der Waals surface area contributed by atoms with Gasteiger partial charge in [0, 0.05) is 18.0 Å². The highest BCUT2D eigenvalue weighted by molar-refractivity contribution is 6.05. The second kappa shape index (κ2) is 8.43. The van der Waals surface area contributed by atoms with Crippen LogP contribution in [0, 0.1) is 13.8 Å². The molecule has 1 amide bonds. The van der Waals surface area contributed by atoms with Crippen LogP contribution >= 0.6 is 0 Å². The molecule has 0 radical (unpaired) electrons. The first-order chi connectivity index (χ1) is 13.9. The number of nitrogens with zero attached hydrogens (tertiary/aromatic N) is 1. The van der Waals surface area contributed by atoms with Gasteiger partial charge in [0.25, 0.3) is 5.91 Å². The second-order valence-electron chi connectivity index (χ2n) is 6.36. The molecule has 0 spiro atoms. The zero-order valence-corrected chi connectivity index (χ0v) is 16.2. The van der Waals surface area contributed by atoms with Crippen molar-refractivity contribution in [3.63, 3.8) is 0 Å². The van der Waals surface area contributed by atoms with Gasteiger partial charge in [-0.3, -0.25) is 4.79 Å². The predicted molar refractivity (Wildman–Crippen MR) is 108 cm³/mol. The number of aryl methyl sites for hydroxylation is 2. The minimum absolute atomic E-state index is 0.153. The zero-order valence-electron chi connectivity index (χ0n) is 16.2. The summed E-state index contributed by atoms with van der Waals surface area (Å²) in [5.41, 5.74) is 2.12. The SMILES string of the molecule is COc1ccnc(C(=O)Nc2cc(C)c(OC(=O)c3ccccc3)c(C)c2)c1O. The van der Waals surface area contributed by atoms with E-state index >= 15 is 0 Å². The molecule has 0 aliphatic carbocycles. The first kappa shape index (κ1) is 19.9.